The molecule has 0 unspecified atom stereocenters. The van der Waals surface area contributed by atoms with Crippen molar-refractivity contribution >= 4 is 16.0 Å². The SMILES string of the molecule is Cc1[nH]nc(C(=O)OC(C)(C)C)c1S(N)(=O)=O. The molecule has 3 N–H and O–H groups in total. The van der Waals surface area contributed by atoms with Gasteiger partial charge in [-0.1, -0.05) is 0 Å². The van der Waals surface area contributed by atoms with Gasteiger partial charge in [-0.15, -0.1) is 0 Å². The third-order valence-corrected chi connectivity index (χ3v) is 2.84. The van der Waals surface area contributed by atoms with Crippen LogP contribution in [0.2, 0.25) is 0 Å². The van der Waals surface area contributed by atoms with Gasteiger partial charge >= 0.3 is 5.97 Å². The first-order chi connectivity index (χ1) is 7.52. The molecule has 0 amide bonds. The summed E-state index contributed by atoms with van der Waals surface area (Å²) in [5, 5.41) is 11.0. The molecule has 8 heteroatoms. The predicted molar refractivity (Wildman–Crippen MR) is 59.9 cm³/mol. The smallest absolute Gasteiger partial charge is 0.360 e. The second-order valence-corrected chi connectivity index (χ2v) is 6.07. The van der Waals surface area contributed by atoms with E-state index in [0.717, 1.165) is 0 Å². The first-order valence-electron chi connectivity index (χ1n) is 4.83. The van der Waals surface area contributed by atoms with E-state index in [1.54, 1.807) is 20.8 Å². The molecular formula is C9H15N3O4S. The number of hydrogen-bond acceptors (Lipinski definition) is 5. The number of rotatable bonds is 2. The lowest BCUT2D eigenvalue weighted by Crippen LogP contribution is -2.26. The van der Waals surface area contributed by atoms with E-state index in [9.17, 15) is 13.2 Å². The number of sulfonamides is 1. The third-order valence-electron chi connectivity index (χ3n) is 1.77. The summed E-state index contributed by atoms with van der Waals surface area (Å²) < 4.78 is 27.7. The Balaban J connectivity index is 3.22. The molecule has 0 aliphatic rings. The molecule has 0 bridgehead atoms. The fourth-order valence-corrected chi connectivity index (χ4v) is 2.10. The summed E-state index contributed by atoms with van der Waals surface area (Å²) in [4.78, 5) is 11.4. The number of H-pyrrole nitrogens is 1. The van der Waals surface area contributed by atoms with Crippen molar-refractivity contribution in [1.82, 2.24) is 10.2 Å². The first-order valence-corrected chi connectivity index (χ1v) is 6.38. The standard InChI is InChI=1S/C9H15N3O4S/c1-5-7(17(10,14)15)6(12-11-5)8(13)16-9(2,3)4/h1-4H3,(H,11,12)(H2,10,14,15). The van der Waals surface area contributed by atoms with Crippen LogP contribution in [0, 0.1) is 6.92 Å². The maximum Gasteiger partial charge on any atom is 0.360 e. The minimum Gasteiger partial charge on any atom is -0.455 e. The van der Waals surface area contributed by atoms with Crippen LogP contribution in [0.15, 0.2) is 4.90 Å². The van der Waals surface area contributed by atoms with E-state index in [1.807, 2.05) is 0 Å². The maximum absolute atomic E-state index is 11.7. The second kappa shape index (κ2) is 4.11. The summed E-state index contributed by atoms with van der Waals surface area (Å²) in [7, 11) is -4.02. The number of hydrogen-bond donors (Lipinski definition) is 2. The van der Waals surface area contributed by atoms with Crippen LogP contribution in [0.4, 0.5) is 0 Å². The van der Waals surface area contributed by atoms with Gasteiger partial charge in [-0.25, -0.2) is 18.4 Å². The first kappa shape index (κ1) is 13.7. The zero-order valence-electron chi connectivity index (χ0n) is 10.1. The van der Waals surface area contributed by atoms with E-state index in [1.165, 1.54) is 6.92 Å². The minimum absolute atomic E-state index is 0.202. The zero-order chi connectivity index (χ0) is 13.4. The number of aryl methyl sites for hydroxylation is 1. The van der Waals surface area contributed by atoms with Gasteiger partial charge in [-0.05, 0) is 27.7 Å². The summed E-state index contributed by atoms with van der Waals surface area (Å²) in [5.41, 5.74) is -0.854. The molecule has 0 atom stereocenters. The molecule has 1 aromatic rings. The van der Waals surface area contributed by atoms with E-state index in [-0.39, 0.29) is 16.3 Å². The molecule has 0 spiro atoms. The topological polar surface area (TPSA) is 115 Å². The Kier molecular flexibility index (Phi) is 3.30. The number of carbonyl (C=O) groups excluding carboxylic acids is 1. The number of nitrogens with one attached hydrogen (secondary N) is 1. The van der Waals surface area contributed by atoms with Gasteiger partial charge in [0.25, 0.3) is 0 Å². The Morgan fingerprint density at radius 2 is 1.94 bits per heavy atom. The fraction of sp³-hybridized carbons (Fsp3) is 0.556. The Morgan fingerprint density at radius 1 is 1.41 bits per heavy atom. The minimum atomic E-state index is -4.02. The maximum atomic E-state index is 11.7. The molecule has 0 aliphatic heterocycles. The Labute approximate surface area is 99.4 Å². The van der Waals surface area contributed by atoms with Crippen LogP contribution in [0.1, 0.15) is 37.0 Å². The number of aromatic nitrogens is 2. The van der Waals surface area contributed by atoms with Crippen molar-refractivity contribution in [3.05, 3.63) is 11.4 Å². The van der Waals surface area contributed by atoms with Crippen LogP contribution in [0.3, 0.4) is 0 Å². The van der Waals surface area contributed by atoms with E-state index < -0.39 is 21.6 Å². The lowest BCUT2D eigenvalue weighted by molar-refractivity contribution is 0.00583. The van der Waals surface area contributed by atoms with Crippen molar-refractivity contribution in [2.24, 2.45) is 5.14 Å². The number of primary sulfonamides is 1. The van der Waals surface area contributed by atoms with E-state index in [4.69, 9.17) is 9.88 Å². The largest absolute Gasteiger partial charge is 0.455 e. The van der Waals surface area contributed by atoms with Gasteiger partial charge in [0.1, 0.15) is 10.5 Å². The van der Waals surface area contributed by atoms with E-state index >= 15 is 0 Å². The quantitative estimate of drug-likeness (QED) is 0.744. The molecule has 0 fully saturated rings. The number of carbonyl (C=O) groups is 1. The van der Waals surface area contributed by atoms with Gasteiger partial charge in [-0.2, -0.15) is 5.10 Å². The lowest BCUT2D eigenvalue weighted by atomic mass is 10.2. The van der Waals surface area contributed by atoms with Crippen LogP contribution in [0.5, 0.6) is 0 Å². The molecule has 0 aromatic carbocycles. The van der Waals surface area contributed by atoms with Crippen LogP contribution in [0.25, 0.3) is 0 Å². The average molecular weight is 261 g/mol. The van der Waals surface area contributed by atoms with Gasteiger partial charge in [-0.3, -0.25) is 5.10 Å². The number of ether oxygens (including phenoxy) is 1. The molecule has 0 saturated heterocycles. The molecule has 1 aromatic heterocycles. The van der Waals surface area contributed by atoms with Crippen molar-refractivity contribution in [2.45, 2.75) is 38.2 Å². The monoisotopic (exact) mass is 261 g/mol. The fourth-order valence-electron chi connectivity index (χ4n) is 1.23. The molecule has 96 valence electrons. The van der Waals surface area contributed by atoms with Gasteiger partial charge in [0, 0.05) is 0 Å². The summed E-state index contributed by atoms with van der Waals surface area (Å²) in [6.07, 6.45) is 0. The number of aromatic amines is 1. The molecule has 1 heterocycles. The molecule has 7 nitrogen and oxygen atoms in total. The number of nitrogens with two attached hydrogens (primary N) is 1. The van der Waals surface area contributed by atoms with Gasteiger partial charge in [0.2, 0.25) is 10.0 Å². The van der Waals surface area contributed by atoms with Crippen LogP contribution in [-0.4, -0.2) is 30.2 Å². The normalized spacial score (nSPS) is 12.5. The predicted octanol–water partition coefficient (Wildman–Crippen LogP) is 0.321. The van der Waals surface area contributed by atoms with Crippen LogP contribution in [-0.2, 0) is 14.8 Å². The Hall–Kier alpha value is -1.41. The van der Waals surface area contributed by atoms with Crippen molar-refractivity contribution in [1.29, 1.82) is 0 Å². The number of esters is 1. The van der Waals surface area contributed by atoms with Crippen molar-refractivity contribution in [3.8, 4) is 0 Å². The molecular weight excluding hydrogens is 246 g/mol. The molecule has 17 heavy (non-hydrogen) atoms. The van der Waals surface area contributed by atoms with E-state index in [0.29, 0.717) is 0 Å². The van der Waals surface area contributed by atoms with E-state index in [2.05, 4.69) is 10.2 Å². The lowest BCUT2D eigenvalue weighted by Gasteiger charge is -2.18. The molecule has 0 aliphatic carbocycles. The van der Waals surface area contributed by atoms with Crippen molar-refractivity contribution in [2.75, 3.05) is 0 Å². The van der Waals surface area contributed by atoms with Gasteiger partial charge < -0.3 is 4.74 Å². The van der Waals surface area contributed by atoms with Crippen molar-refractivity contribution < 1.29 is 17.9 Å². The third kappa shape index (κ3) is 3.27. The summed E-state index contributed by atoms with van der Waals surface area (Å²) in [6, 6.07) is 0. The molecule has 0 radical (unpaired) electrons. The highest BCUT2D eigenvalue weighted by atomic mass is 32.2. The number of nitrogens with zero attached hydrogens (tertiary/aromatic N) is 1. The molecule has 1 rings (SSSR count). The average Bonchev–Trinajstić information content (AvgIpc) is 2.42. The summed E-state index contributed by atoms with van der Waals surface area (Å²) in [6.45, 7) is 6.46. The zero-order valence-corrected chi connectivity index (χ0v) is 10.9. The van der Waals surface area contributed by atoms with Crippen LogP contribution >= 0.6 is 0 Å². The van der Waals surface area contributed by atoms with Crippen molar-refractivity contribution in [3.63, 3.8) is 0 Å². The Morgan fingerprint density at radius 3 is 2.35 bits per heavy atom. The highest BCUT2D eigenvalue weighted by molar-refractivity contribution is 7.89. The summed E-state index contributed by atoms with van der Waals surface area (Å²) >= 11 is 0. The second-order valence-electron chi connectivity index (χ2n) is 4.57. The highest BCUT2D eigenvalue weighted by Crippen LogP contribution is 2.19. The van der Waals surface area contributed by atoms with Gasteiger partial charge in [0.15, 0.2) is 5.69 Å². The van der Waals surface area contributed by atoms with Gasteiger partial charge in [0.05, 0.1) is 5.69 Å². The summed E-state index contributed by atoms with van der Waals surface area (Å²) in [5.74, 6) is -0.828. The molecule has 0 saturated carbocycles. The highest BCUT2D eigenvalue weighted by Gasteiger charge is 2.29. The Bertz CT molecular complexity index is 539. The van der Waals surface area contributed by atoms with Crippen LogP contribution < -0.4 is 5.14 Å².